The van der Waals surface area contributed by atoms with Crippen LogP contribution in [0.2, 0.25) is 0 Å². The predicted molar refractivity (Wildman–Crippen MR) is 232 cm³/mol. The first kappa shape index (κ1) is 40.5. The van der Waals surface area contributed by atoms with Crippen LogP contribution < -0.4 is 20.3 Å². The summed E-state index contributed by atoms with van der Waals surface area (Å²) in [7, 11) is 0. The van der Waals surface area contributed by atoms with Crippen LogP contribution in [-0.2, 0) is 9.59 Å². The molecule has 0 aromatic heterocycles. The van der Waals surface area contributed by atoms with E-state index in [0.717, 1.165) is 93.3 Å². The first-order valence-corrected chi connectivity index (χ1v) is 21.6. The number of hydrogen-bond acceptors (Lipinski definition) is 8. The first-order valence-electron chi connectivity index (χ1n) is 21.1. The number of fused-ring (bicyclic) bond motifs is 1. The molecule has 0 saturated carbocycles. The fourth-order valence-electron chi connectivity index (χ4n) is 9.06. The highest BCUT2D eigenvalue weighted by Gasteiger charge is 2.45. The van der Waals surface area contributed by atoms with Crippen LogP contribution in [0.1, 0.15) is 82.4 Å². The monoisotopic (exact) mass is 813 g/mol. The average molecular weight is 814 g/mol. The van der Waals surface area contributed by atoms with E-state index in [1.807, 2.05) is 18.2 Å². The Balaban J connectivity index is 0.794. The number of hydrogen-bond donors (Lipinski definition) is 2. The molecule has 2 unspecified atom stereocenters. The molecule has 3 saturated heterocycles. The molecule has 0 aliphatic carbocycles. The Hall–Kier alpha value is -5.29. The lowest BCUT2D eigenvalue weighted by molar-refractivity contribution is -0.136. The van der Waals surface area contributed by atoms with Crippen LogP contribution in [0.3, 0.4) is 0 Å². The zero-order valence-corrected chi connectivity index (χ0v) is 34.2. The topological polar surface area (TPSA) is 111 Å². The molecule has 11 heteroatoms. The normalized spacial score (nSPS) is 20.7. The van der Waals surface area contributed by atoms with Gasteiger partial charge in [-0.1, -0.05) is 72.8 Å². The Kier molecular flexibility index (Phi) is 12.9. The number of allylic oxidation sites excluding steroid dienone is 1. The van der Waals surface area contributed by atoms with Gasteiger partial charge in [-0.3, -0.25) is 34.3 Å². The number of piperidine rings is 3. The van der Waals surface area contributed by atoms with Crippen LogP contribution >= 0.6 is 11.6 Å². The summed E-state index contributed by atoms with van der Waals surface area (Å²) in [4.78, 5) is 56.5. The Morgan fingerprint density at radius 1 is 0.763 bits per heavy atom. The maximum absolute atomic E-state index is 13.4. The minimum Gasteiger partial charge on any atom is -0.492 e. The maximum Gasteiger partial charge on any atom is 0.262 e. The molecule has 8 rings (SSSR count). The molecule has 0 spiro atoms. The van der Waals surface area contributed by atoms with Gasteiger partial charge in [-0.15, -0.1) is 11.6 Å². The summed E-state index contributed by atoms with van der Waals surface area (Å²) < 4.78 is 6.26. The van der Waals surface area contributed by atoms with Crippen molar-refractivity contribution in [2.24, 2.45) is 5.92 Å². The lowest BCUT2D eigenvalue weighted by atomic mass is 9.88. The molecule has 4 heterocycles. The third-order valence-electron chi connectivity index (χ3n) is 12.3. The summed E-state index contributed by atoms with van der Waals surface area (Å²) in [5, 5.41) is 6.11. The minimum absolute atomic E-state index is 0.101. The molecule has 0 radical (unpaired) electrons. The Morgan fingerprint density at radius 2 is 1.46 bits per heavy atom. The highest BCUT2D eigenvalue weighted by Crippen LogP contribution is 2.36. The molecule has 4 aromatic carbocycles. The molecule has 0 bridgehead atoms. The average Bonchev–Trinajstić information content (AvgIpc) is 3.52. The fraction of sp³-hybridized carbons (Fsp3) is 0.375. The summed E-state index contributed by atoms with van der Waals surface area (Å²) in [5.74, 6) is 0.102. The summed E-state index contributed by atoms with van der Waals surface area (Å²) in [5.41, 5.74) is 7.45. The van der Waals surface area contributed by atoms with Gasteiger partial charge in [0.2, 0.25) is 11.8 Å². The lowest BCUT2D eigenvalue weighted by Gasteiger charge is -2.37. The number of anilines is 1. The van der Waals surface area contributed by atoms with E-state index in [1.54, 1.807) is 12.1 Å². The maximum atomic E-state index is 13.4. The van der Waals surface area contributed by atoms with Crippen molar-refractivity contribution in [2.45, 2.75) is 57.0 Å². The van der Waals surface area contributed by atoms with E-state index in [2.05, 4.69) is 93.2 Å². The summed E-state index contributed by atoms with van der Waals surface area (Å²) in [6, 6.07) is 34.3. The number of imide groups is 2. The molecule has 4 aliphatic heterocycles. The number of alkyl halides is 1. The van der Waals surface area contributed by atoms with Gasteiger partial charge >= 0.3 is 0 Å². The Labute approximate surface area is 351 Å². The molecular formula is C48H52ClN5O5. The number of ether oxygens (including phenoxy) is 1. The molecule has 306 valence electrons. The SMILES string of the molecule is O=C1CCC(N2C(=O)c3ccc(N4CCCC(NCC5CCN(CCOc6ccc(C(=C(CCCl)c7ccccc7)c7ccccc7)cc6)CC5)C4)cc3C2=O)C(=O)N1. The largest absolute Gasteiger partial charge is 0.492 e. The molecule has 10 nitrogen and oxygen atoms in total. The van der Waals surface area contributed by atoms with Gasteiger partial charge < -0.3 is 15.0 Å². The van der Waals surface area contributed by atoms with Crippen molar-refractivity contribution in [3.63, 3.8) is 0 Å². The molecule has 2 N–H and O–H groups in total. The van der Waals surface area contributed by atoms with E-state index in [-0.39, 0.29) is 18.7 Å². The van der Waals surface area contributed by atoms with Gasteiger partial charge in [0, 0.05) is 43.7 Å². The zero-order valence-electron chi connectivity index (χ0n) is 33.4. The molecule has 4 aromatic rings. The number of carbonyl (C=O) groups excluding carboxylic acids is 4. The van der Waals surface area contributed by atoms with E-state index in [0.29, 0.717) is 35.6 Å². The van der Waals surface area contributed by atoms with Crippen molar-refractivity contribution in [1.82, 2.24) is 20.4 Å². The van der Waals surface area contributed by atoms with Crippen LogP contribution in [0.5, 0.6) is 5.75 Å². The van der Waals surface area contributed by atoms with E-state index in [1.165, 1.54) is 22.3 Å². The van der Waals surface area contributed by atoms with Crippen LogP contribution in [0, 0.1) is 5.92 Å². The van der Waals surface area contributed by atoms with Crippen molar-refractivity contribution < 1.29 is 23.9 Å². The van der Waals surface area contributed by atoms with Gasteiger partial charge in [0.1, 0.15) is 18.4 Å². The Bertz CT molecular complexity index is 2170. The third kappa shape index (κ3) is 9.30. The van der Waals surface area contributed by atoms with E-state index in [4.69, 9.17) is 16.3 Å². The quantitative estimate of drug-likeness (QED) is 0.0795. The summed E-state index contributed by atoms with van der Waals surface area (Å²) in [6.45, 7) is 6.30. The van der Waals surface area contributed by atoms with Gasteiger partial charge in [0.15, 0.2) is 0 Å². The van der Waals surface area contributed by atoms with Crippen LogP contribution in [0.25, 0.3) is 11.1 Å². The number of likely N-dealkylation sites (tertiary alicyclic amines) is 1. The molecule has 4 amide bonds. The van der Waals surface area contributed by atoms with Crippen molar-refractivity contribution in [3.8, 4) is 5.75 Å². The predicted octanol–water partition coefficient (Wildman–Crippen LogP) is 7.03. The number of amides is 4. The lowest BCUT2D eigenvalue weighted by Crippen LogP contribution is -2.54. The minimum atomic E-state index is -0.963. The van der Waals surface area contributed by atoms with Crippen molar-refractivity contribution in [1.29, 1.82) is 0 Å². The second-order valence-corrected chi connectivity index (χ2v) is 16.4. The van der Waals surface area contributed by atoms with Crippen LogP contribution in [-0.4, -0.2) is 97.3 Å². The highest BCUT2D eigenvalue weighted by atomic mass is 35.5. The van der Waals surface area contributed by atoms with Gasteiger partial charge in [-0.2, -0.15) is 0 Å². The van der Waals surface area contributed by atoms with Gasteiger partial charge in [0.25, 0.3) is 11.8 Å². The fourth-order valence-corrected chi connectivity index (χ4v) is 9.25. The molecule has 59 heavy (non-hydrogen) atoms. The molecule has 4 aliphatic rings. The van der Waals surface area contributed by atoms with Gasteiger partial charge in [0.05, 0.1) is 11.1 Å². The zero-order chi connectivity index (χ0) is 40.7. The molecular weight excluding hydrogens is 762 g/mol. The van der Waals surface area contributed by atoms with E-state index < -0.39 is 23.8 Å². The molecule has 2 atom stereocenters. The summed E-state index contributed by atoms with van der Waals surface area (Å²) in [6.07, 6.45) is 5.41. The third-order valence-corrected chi connectivity index (χ3v) is 12.5. The van der Waals surface area contributed by atoms with Crippen LogP contribution in [0.4, 0.5) is 5.69 Å². The van der Waals surface area contributed by atoms with E-state index >= 15 is 0 Å². The number of rotatable bonds is 14. The highest BCUT2D eigenvalue weighted by molar-refractivity contribution is 6.23. The van der Waals surface area contributed by atoms with Gasteiger partial charge in [-0.25, -0.2) is 0 Å². The summed E-state index contributed by atoms with van der Waals surface area (Å²) >= 11 is 6.34. The van der Waals surface area contributed by atoms with E-state index in [9.17, 15) is 19.2 Å². The number of nitrogens with one attached hydrogen (secondary N) is 2. The van der Waals surface area contributed by atoms with Crippen molar-refractivity contribution in [2.75, 3.05) is 56.7 Å². The van der Waals surface area contributed by atoms with Crippen molar-refractivity contribution >= 4 is 52.1 Å². The standard InChI is InChI=1S/C48H52ClN5O5/c49-24-21-40(34-8-3-1-4-9-34)45(35-10-5-2-6-11-35)36-13-16-39(17-14-36)59-29-28-52-26-22-33(23-27-52)31-50-37-12-7-25-53(32-37)38-15-18-41-42(30-38)48(58)54(47(41)57)43-19-20-44(55)51-46(43)56/h1-6,8-11,13-18,30,33,37,43,50H,7,12,19-29,31-32H2,(H,51,55,56). The Morgan fingerprint density at radius 3 is 2.17 bits per heavy atom. The number of halogens is 1. The number of carbonyl (C=O) groups is 4. The number of benzene rings is 4. The molecule has 3 fully saturated rings. The second kappa shape index (κ2) is 18.7. The second-order valence-electron chi connectivity index (χ2n) is 16.1. The first-order chi connectivity index (χ1) is 28.9. The number of nitrogens with zero attached hydrogens (tertiary/aromatic N) is 3. The van der Waals surface area contributed by atoms with Crippen molar-refractivity contribution in [3.05, 3.63) is 131 Å². The smallest absolute Gasteiger partial charge is 0.262 e. The van der Waals surface area contributed by atoms with Gasteiger partial charge in [-0.05, 0) is 122 Å². The van der Waals surface area contributed by atoms with Crippen LogP contribution in [0.15, 0.2) is 103 Å².